The van der Waals surface area contributed by atoms with Crippen molar-refractivity contribution < 1.29 is 0 Å². The smallest absolute Gasteiger partial charge is 0.145 e. The fourth-order valence-corrected chi connectivity index (χ4v) is 2.67. The molecule has 1 aromatic heterocycles. The summed E-state index contributed by atoms with van der Waals surface area (Å²) in [6, 6.07) is 2.58. The fraction of sp³-hybridized carbons (Fsp3) is 0.769. The molecule has 4 nitrogen and oxygen atoms in total. The monoisotopic (exact) mass is 236 g/mol. The summed E-state index contributed by atoms with van der Waals surface area (Å²) < 4.78 is 1.94. The van der Waals surface area contributed by atoms with Gasteiger partial charge in [-0.3, -0.25) is 4.68 Å². The lowest BCUT2D eigenvalue weighted by molar-refractivity contribution is 0.111. The molecule has 2 heterocycles. The van der Waals surface area contributed by atoms with Crippen molar-refractivity contribution in [2.75, 3.05) is 18.8 Å². The Bertz CT molecular complexity index is 347. The number of rotatable bonds is 4. The van der Waals surface area contributed by atoms with E-state index in [4.69, 9.17) is 5.73 Å². The summed E-state index contributed by atoms with van der Waals surface area (Å²) in [5, 5.41) is 4.20. The Hall–Kier alpha value is -1.03. The molecule has 1 aromatic rings. The summed E-state index contributed by atoms with van der Waals surface area (Å²) in [7, 11) is 0. The van der Waals surface area contributed by atoms with Gasteiger partial charge in [-0.1, -0.05) is 6.92 Å². The molecule has 2 atom stereocenters. The number of hydrogen-bond acceptors (Lipinski definition) is 3. The number of likely N-dealkylation sites (tertiary alicyclic amines) is 1. The molecule has 1 saturated heterocycles. The van der Waals surface area contributed by atoms with E-state index < -0.39 is 0 Å². The van der Waals surface area contributed by atoms with Gasteiger partial charge in [0.1, 0.15) is 5.82 Å². The van der Waals surface area contributed by atoms with Crippen LogP contribution in [0.25, 0.3) is 0 Å². The van der Waals surface area contributed by atoms with E-state index in [1.807, 2.05) is 16.9 Å². The summed E-state index contributed by atoms with van der Waals surface area (Å²) in [6.45, 7) is 8.12. The predicted molar refractivity (Wildman–Crippen MR) is 70.7 cm³/mol. The third-order valence-electron chi connectivity index (χ3n) is 4.00. The Morgan fingerprint density at radius 2 is 2.24 bits per heavy atom. The molecule has 0 saturated carbocycles. The third kappa shape index (κ3) is 3.22. The van der Waals surface area contributed by atoms with Crippen LogP contribution in [0.4, 0.5) is 5.82 Å². The van der Waals surface area contributed by atoms with Crippen molar-refractivity contribution in [2.45, 2.75) is 45.7 Å². The third-order valence-corrected chi connectivity index (χ3v) is 4.00. The van der Waals surface area contributed by atoms with Crippen LogP contribution >= 0.6 is 0 Å². The quantitative estimate of drug-likeness (QED) is 0.869. The minimum atomic E-state index is 0.616. The molecule has 4 heteroatoms. The molecular weight excluding hydrogens is 212 g/mol. The van der Waals surface area contributed by atoms with E-state index in [0.29, 0.717) is 5.82 Å². The second kappa shape index (κ2) is 5.54. The van der Waals surface area contributed by atoms with Crippen molar-refractivity contribution in [3.63, 3.8) is 0 Å². The van der Waals surface area contributed by atoms with Crippen LogP contribution in [-0.2, 0) is 6.54 Å². The van der Waals surface area contributed by atoms with Crippen molar-refractivity contribution >= 4 is 5.82 Å². The van der Waals surface area contributed by atoms with E-state index in [-0.39, 0.29) is 0 Å². The van der Waals surface area contributed by atoms with Crippen LogP contribution in [0.3, 0.4) is 0 Å². The van der Waals surface area contributed by atoms with Crippen LogP contribution in [0.5, 0.6) is 0 Å². The van der Waals surface area contributed by atoms with Gasteiger partial charge in [0.2, 0.25) is 0 Å². The van der Waals surface area contributed by atoms with E-state index in [0.717, 1.165) is 24.9 Å². The first-order chi connectivity index (χ1) is 8.16. The standard InChI is InChI=1S/C13H24N4/c1-11-5-3-7-16(12(11)2)8-4-9-17-10-6-13(14)15-17/h6,10-12H,3-5,7-9H2,1-2H3,(H2,14,15). The Labute approximate surface area is 104 Å². The van der Waals surface area contributed by atoms with Crippen molar-refractivity contribution in [1.29, 1.82) is 0 Å². The van der Waals surface area contributed by atoms with E-state index in [2.05, 4.69) is 23.8 Å². The van der Waals surface area contributed by atoms with E-state index >= 15 is 0 Å². The van der Waals surface area contributed by atoms with E-state index in [9.17, 15) is 0 Å². The maximum Gasteiger partial charge on any atom is 0.145 e. The molecule has 17 heavy (non-hydrogen) atoms. The summed E-state index contributed by atoms with van der Waals surface area (Å²) in [6.07, 6.45) is 5.84. The molecule has 1 aliphatic rings. The Kier molecular flexibility index (Phi) is 4.05. The number of aryl methyl sites for hydroxylation is 1. The van der Waals surface area contributed by atoms with Crippen molar-refractivity contribution in [2.24, 2.45) is 5.92 Å². The van der Waals surface area contributed by atoms with E-state index in [1.54, 1.807) is 0 Å². The molecule has 2 unspecified atom stereocenters. The first-order valence-electron chi connectivity index (χ1n) is 6.70. The first kappa shape index (κ1) is 12.4. The number of piperidine rings is 1. The molecule has 0 bridgehead atoms. The lowest BCUT2D eigenvalue weighted by Crippen LogP contribution is -2.42. The van der Waals surface area contributed by atoms with Crippen LogP contribution < -0.4 is 5.73 Å². The first-order valence-corrected chi connectivity index (χ1v) is 6.70. The van der Waals surface area contributed by atoms with Gasteiger partial charge in [-0.2, -0.15) is 5.10 Å². The summed E-state index contributed by atoms with van der Waals surface area (Å²) in [5.41, 5.74) is 5.59. The second-order valence-electron chi connectivity index (χ2n) is 5.25. The number of anilines is 1. The van der Waals surface area contributed by atoms with Crippen molar-refractivity contribution in [1.82, 2.24) is 14.7 Å². The zero-order valence-electron chi connectivity index (χ0n) is 11.0. The van der Waals surface area contributed by atoms with Crippen molar-refractivity contribution in [3.8, 4) is 0 Å². The topological polar surface area (TPSA) is 47.1 Å². The average Bonchev–Trinajstić information content (AvgIpc) is 2.70. The molecule has 96 valence electrons. The minimum absolute atomic E-state index is 0.616. The van der Waals surface area contributed by atoms with Gasteiger partial charge in [-0.25, -0.2) is 0 Å². The second-order valence-corrected chi connectivity index (χ2v) is 5.25. The van der Waals surface area contributed by atoms with Crippen LogP contribution in [0.2, 0.25) is 0 Å². The van der Waals surface area contributed by atoms with Gasteiger partial charge in [-0.15, -0.1) is 0 Å². The minimum Gasteiger partial charge on any atom is -0.382 e. The fourth-order valence-electron chi connectivity index (χ4n) is 2.67. The molecule has 0 radical (unpaired) electrons. The number of nitrogens with two attached hydrogens (primary N) is 1. The molecule has 1 fully saturated rings. The van der Waals surface area contributed by atoms with Crippen LogP contribution in [0, 0.1) is 5.92 Å². The zero-order valence-corrected chi connectivity index (χ0v) is 11.0. The van der Waals surface area contributed by atoms with Gasteiger partial charge < -0.3 is 10.6 Å². The largest absolute Gasteiger partial charge is 0.382 e. The van der Waals surface area contributed by atoms with Gasteiger partial charge in [0.25, 0.3) is 0 Å². The molecule has 0 aliphatic carbocycles. The molecule has 2 rings (SSSR count). The van der Waals surface area contributed by atoms with Gasteiger partial charge in [0.15, 0.2) is 0 Å². The lowest BCUT2D eigenvalue weighted by atomic mass is 9.92. The summed E-state index contributed by atoms with van der Waals surface area (Å²) >= 11 is 0. The molecule has 0 aromatic carbocycles. The number of nitrogen functional groups attached to an aromatic ring is 1. The van der Waals surface area contributed by atoms with Gasteiger partial charge >= 0.3 is 0 Å². The number of hydrogen-bond donors (Lipinski definition) is 1. The molecule has 2 N–H and O–H groups in total. The maximum atomic E-state index is 5.59. The number of nitrogens with zero attached hydrogens (tertiary/aromatic N) is 3. The highest BCUT2D eigenvalue weighted by Gasteiger charge is 2.23. The SMILES string of the molecule is CC1CCCN(CCCn2ccc(N)n2)C1C. The Morgan fingerprint density at radius 3 is 2.94 bits per heavy atom. The van der Waals surface area contributed by atoms with Crippen LogP contribution in [-0.4, -0.2) is 33.8 Å². The van der Waals surface area contributed by atoms with Crippen LogP contribution in [0.1, 0.15) is 33.1 Å². The van der Waals surface area contributed by atoms with Crippen molar-refractivity contribution in [3.05, 3.63) is 12.3 Å². The van der Waals surface area contributed by atoms with Gasteiger partial charge in [-0.05, 0) is 44.7 Å². The van der Waals surface area contributed by atoms with E-state index in [1.165, 1.54) is 25.9 Å². The summed E-state index contributed by atoms with van der Waals surface area (Å²) in [4.78, 5) is 2.61. The highest BCUT2D eigenvalue weighted by Crippen LogP contribution is 2.22. The molecule has 1 aliphatic heterocycles. The lowest BCUT2D eigenvalue weighted by Gasteiger charge is -2.37. The molecule has 0 amide bonds. The number of aromatic nitrogens is 2. The Morgan fingerprint density at radius 1 is 1.41 bits per heavy atom. The highest BCUT2D eigenvalue weighted by molar-refractivity contribution is 5.23. The zero-order chi connectivity index (χ0) is 12.3. The normalized spacial score (nSPS) is 26.2. The van der Waals surface area contributed by atoms with Crippen LogP contribution in [0.15, 0.2) is 12.3 Å². The maximum absolute atomic E-state index is 5.59. The average molecular weight is 236 g/mol. The molecule has 0 spiro atoms. The van der Waals surface area contributed by atoms with Gasteiger partial charge in [0, 0.05) is 25.3 Å². The van der Waals surface area contributed by atoms with Gasteiger partial charge in [0.05, 0.1) is 0 Å². The predicted octanol–water partition coefficient (Wildman–Crippen LogP) is 1.98. The Balaban J connectivity index is 1.74. The molecular formula is C13H24N4. The highest BCUT2D eigenvalue weighted by atomic mass is 15.3. The summed E-state index contributed by atoms with van der Waals surface area (Å²) in [5.74, 6) is 1.45.